The van der Waals surface area contributed by atoms with Crippen molar-refractivity contribution >= 4 is 31.7 Å². The Balaban J connectivity index is 0.000000816. The summed E-state index contributed by atoms with van der Waals surface area (Å²) in [6, 6.07) is 2.05. The summed E-state index contributed by atoms with van der Waals surface area (Å²) in [4.78, 5) is -0.114. The van der Waals surface area contributed by atoms with Gasteiger partial charge in [-0.2, -0.15) is 5.10 Å². The summed E-state index contributed by atoms with van der Waals surface area (Å²) in [7, 11) is 2.17. The zero-order valence-corrected chi connectivity index (χ0v) is 16.5. The molecule has 1 aromatic heterocycles. The predicted octanol–water partition coefficient (Wildman–Crippen LogP) is 3.72. The smallest absolute Gasteiger partial charge is 0.327 e. The molecule has 0 aliphatic carbocycles. The maximum absolute atomic E-state index is 4.51. The van der Waals surface area contributed by atoms with Crippen molar-refractivity contribution in [1.82, 2.24) is 18.7 Å². The van der Waals surface area contributed by atoms with Crippen molar-refractivity contribution < 1.29 is 0 Å². The quantitative estimate of drug-likeness (QED) is 0.506. The first-order valence-electron chi connectivity index (χ1n) is 8.34. The van der Waals surface area contributed by atoms with Crippen LogP contribution in [0.3, 0.4) is 0 Å². The SMILES string of the molecule is C=CC.CCCN1B(C)Nc2ccnn2C(C)(C)SN(C)B1C. The first-order chi connectivity index (χ1) is 10.8. The fraction of sp³-hybridized carbons (Fsp3) is 0.667. The third kappa shape index (κ3) is 5.06. The third-order valence-electron chi connectivity index (χ3n) is 3.86. The van der Waals surface area contributed by atoms with Crippen molar-refractivity contribution in [3.63, 3.8) is 0 Å². The van der Waals surface area contributed by atoms with E-state index in [0.717, 1.165) is 18.8 Å². The van der Waals surface area contributed by atoms with E-state index >= 15 is 0 Å². The summed E-state index contributed by atoms with van der Waals surface area (Å²) in [5, 5.41) is 8.12. The Kier molecular flexibility index (Phi) is 7.77. The van der Waals surface area contributed by atoms with Gasteiger partial charge in [0.25, 0.3) is 0 Å². The lowest BCUT2D eigenvalue weighted by molar-refractivity contribution is 0.476. The summed E-state index contributed by atoms with van der Waals surface area (Å²) in [6.45, 7) is 18.1. The van der Waals surface area contributed by atoms with Crippen LogP contribution in [0.25, 0.3) is 0 Å². The molecule has 23 heavy (non-hydrogen) atoms. The van der Waals surface area contributed by atoms with Crippen molar-refractivity contribution in [3.05, 3.63) is 24.9 Å². The lowest BCUT2D eigenvalue weighted by atomic mass is 9.62. The first-order valence-corrected chi connectivity index (χ1v) is 9.11. The Morgan fingerprint density at radius 3 is 2.61 bits per heavy atom. The van der Waals surface area contributed by atoms with Crippen LogP contribution in [-0.4, -0.2) is 46.3 Å². The standard InChI is InChI=1S/C12H25B2N5S.C3H6/c1-7-10-18-13(4)16-11-8-9-15-19(11)12(2,3)20-17(6)14(18)5;1-3-2/h8-9,16H,7,10H2,1-6H3;3H,1H2,2H3. The van der Waals surface area contributed by atoms with Crippen LogP contribution in [0, 0.1) is 0 Å². The van der Waals surface area contributed by atoms with E-state index in [1.54, 1.807) is 6.08 Å². The zero-order valence-electron chi connectivity index (χ0n) is 15.7. The molecule has 0 radical (unpaired) electrons. The topological polar surface area (TPSA) is 36.3 Å². The molecule has 0 atom stereocenters. The average Bonchev–Trinajstić information content (AvgIpc) is 2.92. The molecule has 2 heterocycles. The second-order valence-electron chi connectivity index (χ2n) is 6.31. The highest BCUT2D eigenvalue weighted by molar-refractivity contribution is 7.98. The molecule has 0 saturated heterocycles. The summed E-state index contributed by atoms with van der Waals surface area (Å²) >= 11 is 1.83. The van der Waals surface area contributed by atoms with Gasteiger partial charge in [-0.15, -0.1) is 6.58 Å². The maximum atomic E-state index is 4.51. The molecule has 0 bridgehead atoms. The molecule has 8 heteroatoms. The summed E-state index contributed by atoms with van der Waals surface area (Å²) < 4.78 is 6.91. The lowest BCUT2D eigenvalue weighted by Gasteiger charge is -2.36. The Hall–Kier alpha value is -0.850. The van der Waals surface area contributed by atoms with Crippen molar-refractivity contribution in [2.24, 2.45) is 0 Å². The number of hydrogen-bond donors (Lipinski definition) is 1. The van der Waals surface area contributed by atoms with E-state index in [4.69, 9.17) is 0 Å². The molecule has 2 rings (SSSR count). The van der Waals surface area contributed by atoms with E-state index in [0.29, 0.717) is 6.98 Å². The van der Waals surface area contributed by atoms with E-state index in [9.17, 15) is 0 Å². The molecular weight excluding hydrogens is 304 g/mol. The first kappa shape index (κ1) is 20.2. The summed E-state index contributed by atoms with van der Waals surface area (Å²) in [5.74, 6) is 1.08. The number of anilines is 1. The Morgan fingerprint density at radius 2 is 2.04 bits per heavy atom. The van der Waals surface area contributed by atoms with E-state index < -0.39 is 0 Å². The van der Waals surface area contributed by atoms with E-state index in [1.807, 2.05) is 25.1 Å². The number of nitrogens with one attached hydrogen (secondary N) is 1. The minimum Gasteiger partial charge on any atom is -0.400 e. The zero-order chi connectivity index (χ0) is 17.6. The molecule has 0 fully saturated rings. The molecule has 1 N–H and O–H groups in total. The second-order valence-corrected chi connectivity index (χ2v) is 8.07. The lowest BCUT2D eigenvalue weighted by Crippen LogP contribution is -2.56. The van der Waals surface area contributed by atoms with Gasteiger partial charge in [0.15, 0.2) is 0 Å². The van der Waals surface area contributed by atoms with Crippen LogP contribution in [-0.2, 0) is 4.87 Å². The Bertz CT molecular complexity index is 494. The number of nitrogens with zero attached hydrogens (tertiary/aromatic N) is 4. The molecule has 5 nitrogen and oxygen atoms in total. The minimum atomic E-state index is -0.114. The summed E-state index contributed by atoms with van der Waals surface area (Å²) in [6.07, 6.45) is 4.77. The molecule has 0 amide bonds. The van der Waals surface area contributed by atoms with Gasteiger partial charge in [-0.1, -0.05) is 38.6 Å². The molecule has 0 spiro atoms. The average molecular weight is 335 g/mol. The van der Waals surface area contributed by atoms with Gasteiger partial charge in [-0.3, -0.25) is 4.22 Å². The van der Waals surface area contributed by atoms with Crippen molar-refractivity contribution in [2.45, 2.75) is 52.6 Å². The number of fused-ring (bicyclic) bond motifs is 1. The number of rotatable bonds is 2. The van der Waals surface area contributed by atoms with Crippen LogP contribution in [0.1, 0.15) is 34.1 Å². The molecule has 1 aromatic rings. The maximum Gasteiger partial charge on any atom is 0.327 e. The van der Waals surface area contributed by atoms with Gasteiger partial charge in [0.05, 0.1) is 6.20 Å². The van der Waals surface area contributed by atoms with Gasteiger partial charge in [-0.25, -0.2) is 4.68 Å². The molecule has 1 aliphatic rings. The Labute approximate surface area is 147 Å². The minimum absolute atomic E-state index is 0.114. The molecular formula is C15H31B2N5S. The van der Waals surface area contributed by atoms with E-state index in [1.165, 1.54) is 0 Å². The highest BCUT2D eigenvalue weighted by Crippen LogP contribution is 2.36. The normalized spacial score (nSPS) is 18.7. The van der Waals surface area contributed by atoms with Crippen LogP contribution in [0.15, 0.2) is 24.9 Å². The fourth-order valence-corrected chi connectivity index (χ4v) is 3.98. The van der Waals surface area contributed by atoms with Crippen LogP contribution in [0.2, 0.25) is 13.6 Å². The van der Waals surface area contributed by atoms with E-state index in [-0.39, 0.29) is 11.9 Å². The van der Waals surface area contributed by atoms with Gasteiger partial charge in [0, 0.05) is 0 Å². The summed E-state index contributed by atoms with van der Waals surface area (Å²) in [5.41, 5.74) is 0. The van der Waals surface area contributed by atoms with Crippen LogP contribution < -0.4 is 5.23 Å². The third-order valence-corrected chi connectivity index (χ3v) is 5.08. The predicted molar refractivity (Wildman–Crippen MR) is 107 cm³/mol. The van der Waals surface area contributed by atoms with E-state index in [2.05, 4.69) is 78.1 Å². The highest BCUT2D eigenvalue weighted by atomic mass is 32.2. The van der Waals surface area contributed by atoms with Gasteiger partial charge < -0.3 is 9.95 Å². The molecule has 1 aliphatic heterocycles. The van der Waals surface area contributed by atoms with Gasteiger partial charge >= 0.3 is 14.0 Å². The van der Waals surface area contributed by atoms with Gasteiger partial charge in [0.2, 0.25) is 0 Å². The van der Waals surface area contributed by atoms with Crippen LogP contribution in [0.4, 0.5) is 5.82 Å². The molecule has 0 unspecified atom stereocenters. The van der Waals surface area contributed by atoms with Crippen LogP contribution >= 0.6 is 11.9 Å². The molecule has 128 valence electrons. The molecule has 0 aromatic carbocycles. The monoisotopic (exact) mass is 335 g/mol. The largest absolute Gasteiger partial charge is 0.400 e. The molecule has 0 saturated carbocycles. The van der Waals surface area contributed by atoms with Crippen molar-refractivity contribution in [1.29, 1.82) is 0 Å². The van der Waals surface area contributed by atoms with Gasteiger partial charge in [-0.05, 0) is 46.9 Å². The fourth-order valence-electron chi connectivity index (χ4n) is 2.78. The highest BCUT2D eigenvalue weighted by Gasteiger charge is 2.37. The van der Waals surface area contributed by atoms with Crippen molar-refractivity contribution in [3.8, 4) is 0 Å². The van der Waals surface area contributed by atoms with Crippen LogP contribution in [0.5, 0.6) is 0 Å². The number of hydrogen-bond acceptors (Lipinski definition) is 5. The van der Waals surface area contributed by atoms with Crippen molar-refractivity contribution in [2.75, 3.05) is 18.8 Å². The Morgan fingerprint density at radius 1 is 1.43 bits per heavy atom. The number of aromatic nitrogens is 2. The van der Waals surface area contributed by atoms with Gasteiger partial charge in [0.1, 0.15) is 10.7 Å². The number of allylic oxidation sites excluding steroid dienone is 1. The second kappa shape index (κ2) is 8.85.